The Morgan fingerprint density at radius 2 is 1.60 bits per heavy atom. The minimum Gasteiger partial charge on any atom is -0.466 e. The Hall–Kier alpha value is -2.10. The van der Waals surface area contributed by atoms with Crippen LogP contribution in [0.5, 0.6) is 0 Å². The predicted molar refractivity (Wildman–Crippen MR) is 76.9 cm³/mol. The first-order valence-corrected chi connectivity index (χ1v) is 6.68. The van der Waals surface area contributed by atoms with E-state index in [0.717, 1.165) is 11.1 Å². The average Bonchev–Trinajstić information content (AvgIpc) is 2.45. The van der Waals surface area contributed by atoms with E-state index < -0.39 is 11.9 Å². The van der Waals surface area contributed by atoms with E-state index in [1.807, 2.05) is 30.3 Å². The molecule has 0 aliphatic rings. The highest BCUT2D eigenvalue weighted by atomic mass is 16.5. The number of ether oxygens (including phenoxy) is 2. The van der Waals surface area contributed by atoms with Crippen LogP contribution in [0.15, 0.2) is 35.9 Å². The first-order chi connectivity index (χ1) is 9.60. The van der Waals surface area contributed by atoms with Crippen molar-refractivity contribution in [1.82, 2.24) is 0 Å². The molecule has 20 heavy (non-hydrogen) atoms. The standard InChI is InChI=1S/C16H20O4/c1-4-19-15(17)11-14(16(18)20-5-2)12(3)13-9-7-6-8-10-13/h6-10H,4-5,11H2,1-3H3/b14-12+. The third-order valence-corrected chi connectivity index (χ3v) is 2.81. The average molecular weight is 276 g/mol. The van der Waals surface area contributed by atoms with Crippen LogP contribution in [-0.2, 0) is 19.1 Å². The van der Waals surface area contributed by atoms with Gasteiger partial charge >= 0.3 is 11.9 Å². The zero-order chi connectivity index (χ0) is 15.0. The zero-order valence-corrected chi connectivity index (χ0v) is 12.1. The van der Waals surface area contributed by atoms with Crippen molar-refractivity contribution in [3.8, 4) is 0 Å². The molecule has 0 fully saturated rings. The van der Waals surface area contributed by atoms with Crippen LogP contribution in [0.3, 0.4) is 0 Å². The molecule has 0 aliphatic heterocycles. The molecule has 0 amide bonds. The fourth-order valence-electron chi connectivity index (χ4n) is 1.79. The third-order valence-electron chi connectivity index (χ3n) is 2.81. The van der Waals surface area contributed by atoms with E-state index in [-0.39, 0.29) is 13.0 Å². The largest absolute Gasteiger partial charge is 0.466 e. The summed E-state index contributed by atoms with van der Waals surface area (Å²) in [4.78, 5) is 23.6. The van der Waals surface area contributed by atoms with Crippen LogP contribution in [0.2, 0.25) is 0 Å². The lowest BCUT2D eigenvalue weighted by molar-refractivity contribution is -0.145. The number of hydrogen-bond acceptors (Lipinski definition) is 4. The smallest absolute Gasteiger partial charge is 0.334 e. The van der Waals surface area contributed by atoms with Crippen molar-refractivity contribution in [2.75, 3.05) is 13.2 Å². The van der Waals surface area contributed by atoms with Gasteiger partial charge in [0.2, 0.25) is 0 Å². The van der Waals surface area contributed by atoms with Crippen LogP contribution < -0.4 is 0 Å². The number of allylic oxidation sites excluding steroid dienone is 1. The molecule has 0 saturated carbocycles. The fraction of sp³-hybridized carbons (Fsp3) is 0.375. The van der Waals surface area contributed by atoms with Crippen LogP contribution in [0.25, 0.3) is 5.57 Å². The molecule has 4 heteroatoms. The van der Waals surface area contributed by atoms with Gasteiger partial charge in [-0.1, -0.05) is 30.3 Å². The normalized spacial score (nSPS) is 11.6. The van der Waals surface area contributed by atoms with Crippen molar-refractivity contribution in [1.29, 1.82) is 0 Å². The van der Waals surface area contributed by atoms with Gasteiger partial charge in [0, 0.05) is 0 Å². The topological polar surface area (TPSA) is 52.6 Å². The Balaban J connectivity index is 3.08. The molecule has 1 aromatic rings. The fourth-order valence-corrected chi connectivity index (χ4v) is 1.79. The first-order valence-electron chi connectivity index (χ1n) is 6.68. The Morgan fingerprint density at radius 1 is 1.00 bits per heavy atom. The zero-order valence-electron chi connectivity index (χ0n) is 12.1. The monoisotopic (exact) mass is 276 g/mol. The highest BCUT2D eigenvalue weighted by molar-refractivity contribution is 6.01. The molecule has 0 aliphatic carbocycles. The van der Waals surface area contributed by atoms with E-state index >= 15 is 0 Å². The summed E-state index contributed by atoms with van der Waals surface area (Å²) in [6.45, 7) is 5.83. The van der Waals surface area contributed by atoms with Gasteiger partial charge in [0.05, 0.1) is 25.2 Å². The minimum atomic E-state index is -0.470. The first kappa shape index (κ1) is 16.0. The van der Waals surface area contributed by atoms with Gasteiger partial charge in [0.1, 0.15) is 0 Å². The van der Waals surface area contributed by atoms with Gasteiger partial charge in [-0.2, -0.15) is 0 Å². The van der Waals surface area contributed by atoms with E-state index in [1.165, 1.54) is 0 Å². The van der Waals surface area contributed by atoms with Gasteiger partial charge < -0.3 is 9.47 Å². The van der Waals surface area contributed by atoms with E-state index in [9.17, 15) is 9.59 Å². The second-order valence-corrected chi connectivity index (χ2v) is 4.17. The molecule has 1 aromatic carbocycles. The molecule has 0 radical (unpaired) electrons. The van der Waals surface area contributed by atoms with Gasteiger partial charge in [-0.3, -0.25) is 4.79 Å². The molecule has 0 atom stereocenters. The SMILES string of the molecule is CCOC(=O)C/C(C(=O)OCC)=C(/C)c1ccccc1. The Morgan fingerprint density at radius 3 is 2.15 bits per heavy atom. The van der Waals surface area contributed by atoms with Crippen molar-refractivity contribution < 1.29 is 19.1 Å². The summed E-state index contributed by atoms with van der Waals surface area (Å²) in [5.74, 6) is -0.896. The van der Waals surface area contributed by atoms with Crippen molar-refractivity contribution >= 4 is 17.5 Å². The lowest BCUT2D eigenvalue weighted by atomic mass is 9.99. The minimum absolute atomic E-state index is 0.0760. The summed E-state index contributed by atoms with van der Waals surface area (Å²) in [5, 5.41) is 0. The quantitative estimate of drug-likeness (QED) is 0.592. The second kappa shape index (κ2) is 8.15. The molecule has 0 spiro atoms. The number of rotatable bonds is 6. The van der Waals surface area contributed by atoms with Crippen LogP contribution in [0.4, 0.5) is 0 Å². The molecular formula is C16H20O4. The molecule has 0 aromatic heterocycles. The van der Waals surface area contributed by atoms with Gasteiger partial charge in [-0.05, 0) is 31.9 Å². The lowest BCUT2D eigenvalue weighted by Gasteiger charge is -2.11. The summed E-state index contributed by atoms with van der Waals surface area (Å²) >= 11 is 0. The second-order valence-electron chi connectivity index (χ2n) is 4.17. The van der Waals surface area contributed by atoms with Crippen molar-refractivity contribution in [2.45, 2.75) is 27.2 Å². The highest BCUT2D eigenvalue weighted by Gasteiger charge is 2.19. The van der Waals surface area contributed by atoms with Crippen LogP contribution in [-0.4, -0.2) is 25.2 Å². The Labute approximate surface area is 119 Å². The van der Waals surface area contributed by atoms with E-state index in [1.54, 1.807) is 20.8 Å². The van der Waals surface area contributed by atoms with Gasteiger partial charge in [-0.15, -0.1) is 0 Å². The molecule has 108 valence electrons. The summed E-state index contributed by atoms with van der Waals surface area (Å²) in [6.07, 6.45) is -0.0760. The summed E-state index contributed by atoms with van der Waals surface area (Å²) in [6, 6.07) is 9.43. The summed E-state index contributed by atoms with van der Waals surface area (Å²) < 4.78 is 9.93. The summed E-state index contributed by atoms with van der Waals surface area (Å²) in [5.41, 5.74) is 1.97. The van der Waals surface area contributed by atoms with Gasteiger partial charge in [0.25, 0.3) is 0 Å². The van der Waals surface area contributed by atoms with E-state index in [2.05, 4.69) is 0 Å². The predicted octanol–water partition coefficient (Wildman–Crippen LogP) is 2.98. The van der Waals surface area contributed by atoms with Gasteiger partial charge in [0.15, 0.2) is 0 Å². The lowest BCUT2D eigenvalue weighted by Crippen LogP contribution is -2.15. The van der Waals surface area contributed by atoms with Crippen LogP contribution in [0, 0.1) is 0 Å². The molecule has 4 nitrogen and oxygen atoms in total. The number of esters is 2. The van der Waals surface area contributed by atoms with E-state index in [0.29, 0.717) is 12.2 Å². The summed E-state index contributed by atoms with van der Waals surface area (Å²) in [7, 11) is 0. The Bertz CT molecular complexity index is 488. The number of carbonyl (C=O) groups is 2. The van der Waals surface area contributed by atoms with Crippen molar-refractivity contribution in [2.24, 2.45) is 0 Å². The maximum absolute atomic E-state index is 12.0. The maximum Gasteiger partial charge on any atom is 0.334 e. The number of benzene rings is 1. The Kier molecular flexibility index (Phi) is 6.50. The number of carbonyl (C=O) groups excluding carboxylic acids is 2. The maximum atomic E-state index is 12.0. The third kappa shape index (κ3) is 4.53. The van der Waals surface area contributed by atoms with Gasteiger partial charge in [-0.25, -0.2) is 4.79 Å². The molecular weight excluding hydrogens is 256 g/mol. The van der Waals surface area contributed by atoms with E-state index in [4.69, 9.17) is 9.47 Å². The molecule has 0 heterocycles. The molecule has 1 rings (SSSR count). The molecule has 0 saturated heterocycles. The molecule has 0 bridgehead atoms. The highest BCUT2D eigenvalue weighted by Crippen LogP contribution is 2.22. The van der Waals surface area contributed by atoms with Crippen LogP contribution in [0.1, 0.15) is 32.8 Å². The molecule has 0 unspecified atom stereocenters. The van der Waals surface area contributed by atoms with Crippen molar-refractivity contribution in [3.05, 3.63) is 41.5 Å². The van der Waals surface area contributed by atoms with Crippen LogP contribution >= 0.6 is 0 Å². The number of hydrogen-bond donors (Lipinski definition) is 0. The molecule has 0 N–H and O–H groups in total. The van der Waals surface area contributed by atoms with Crippen molar-refractivity contribution in [3.63, 3.8) is 0 Å².